The molecule has 0 radical (unpaired) electrons. The maximum atomic E-state index is 12.7. The number of likely N-dealkylation sites (N-methyl/N-ethyl adjacent to an activating group) is 1. The van der Waals surface area contributed by atoms with Crippen LogP contribution in [-0.2, 0) is 33.7 Å². The Bertz CT molecular complexity index is 1250. The molecule has 37 heavy (non-hydrogen) atoms. The van der Waals surface area contributed by atoms with E-state index in [4.69, 9.17) is 14.7 Å². The molecule has 2 aromatic heterocycles. The summed E-state index contributed by atoms with van der Waals surface area (Å²) < 4.78 is 4.97. The Morgan fingerprint density at radius 1 is 1.00 bits per heavy atom. The maximum Gasteiger partial charge on any atom is 0.306 e. The fraction of sp³-hybridized carbons (Fsp3) is 0.500. The minimum atomic E-state index is -0.312. The van der Waals surface area contributed by atoms with Crippen molar-refractivity contribution in [2.45, 2.75) is 46.1 Å². The van der Waals surface area contributed by atoms with Crippen LogP contribution in [0.3, 0.4) is 0 Å². The summed E-state index contributed by atoms with van der Waals surface area (Å²) in [7, 11) is 0. The Morgan fingerprint density at radius 3 is 2.51 bits per heavy atom. The van der Waals surface area contributed by atoms with Crippen LogP contribution in [0.25, 0.3) is 10.2 Å². The van der Waals surface area contributed by atoms with Gasteiger partial charge in [0.2, 0.25) is 5.91 Å². The predicted octanol–water partition coefficient (Wildman–Crippen LogP) is 3.65. The highest BCUT2D eigenvalue weighted by Crippen LogP contribution is 2.39. The molecule has 0 bridgehead atoms. The van der Waals surface area contributed by atoms with Gasteiger partial charge in [0.25, 0.3) is 0 Å². The number of amides is 1. The standard InChI is InChI=1S/C28H35N5O3S/c1-3-31-13-12-21-22(19-31)37-28-26(21)27(29-23(30-28)18-20-8-6-5-7-9-20)33-16-14-32(15-17-33)24(34)10-11-25(35)36-4-2/h5-9H,3-4,10-19H2,1-2H3. The maximum absolute atomic E-state index is 12.7. The van der Waals surface area contributed by atoms with Crippen molar-refractivity contribution in [2.75, 3.05) is 50.8 Å². The largest absolute Gasteiger partial charge is 0.466 e. The number of nitrogens with zero attached hydrogens (tertiary/aromatic N) is 5. The molecule has 0 spiro atoms. The molecule has 3 aromatic rings. The lowest BCUT2D eigenvalue weighted by Crippen LogP contribution is -2.49. The quantitative estimate of drug-likeness (QED) is 0.419. The zero-order valence-corrected chi connectivity index (χ0v) is 22.6. The smallest absolute Gasteiger partial charge is 0.306 e. The highest BCUT2D eigenvalue weighted by atomic mass is 32.1. The molecule has 0 aliphatic carbocycles. The first-order valence-electron chi connectivity index (χ1n) is 13.3. The Labute approximate surface area is 222 Å². The van der Waals surface area contributed by atoms with Crippen molar-refractivity contribution >= 4 is 39.2 Å². The van der Waals surface area contributed by atoms with Crippen molar-refractivity contribution in [1.29, 1.82) is 0 Å². The first kappa shape index (κ1) is 25.6. The number of anilines is 1. The van der Waals surface area contributed by atoms with Gasteiger partial charge in [0.05, 0.1) is 18.4 Å². The van der Waals surface area contributed by atoms with Crippen LogP contribution in [0.15, 0.2) is 30.3 Å². The number of aromatic nitrogens is 2. The van der Waals surface area contributed by atoms with E-state index in [1.165, 1.54) is 21.4 Å². The minimum Gasteiger partial charge on any atom is -0.466 e. The Morgan fingerprint density at radius 2 is 1.78 bits per heavy atom. The topological polar surface area (TPSA) is 78.9 Å². The summed E-state index contributed by atoms with van der Waals surface area (Å²) in [6.45, 7) is 10.1. The van der Waals surface area contributed by atoms with Crippen LogP contribution in [0, 0.1) is 0 Å². The molecule has 0 N–H and O–H groups in total. The van der Waals surface area contributed by atoms with Crippen LogP contribution in [0.2, 0.25) is 0 Å². The van der Waals surface area contributed by atoms with Gasteiger partial charge in [0.1, 0.15) is 16.5 Å². The summed E-state index contributed by atoms with van der Waals surface area (Å²) in [5.74, 6) is 1.55. The highest BCUT2D eigenvalue weighted by molar-refractivity contribution is 7.19. The van der Waals surface area contributed by atoms with Crippen LogP contribution in [0.5, 0.6) is 0 Å². The SMILES string of the molecule is CCOC(=O)CCC(=O)N1CCN(c2nc(Cc3ccccc3)nc3sc4c(c23)CCN(CC)C4)CC1. The van der Waals surface area contributed by atoms with Crippen molar-refractivity contribution in [1.82, 2.24) is 19.8 Å². The predicted molar refractivity (Wildman–Crippen MR) is 146 cm³/mol. The summed E-state index contributed by atoms with van der Waals surface area (Å²) in [5, 5.41) is 1.20. The number of rotatable bonds is 8. The van der Waals surface area contributed by atoms with Crippen LogP contribution >= 0.6 is 11.3 Å². The van der Waals surface area contributed by atoms with Crippen molar-refractivity contribution in [3.05, 3.63) is 52.2 Å². The third-order valence-corrected chi connectivity index (χ3v) is 8.35. The molecule has 0 atom stereocenters. The number of esters is 1. The van der Waals surface area contributed by atoms with Crippen molar-refractivity contribution < 1.29 is 14.3 Å². The Kier molecular flexibility index (Phi) is 8.00. The second-order valence-electron chi connectivity index (χ2n) is 9.60. The highest BCUT2D eigenvalue weighted by Gasteiger charge is 2.28. The zero-order chi connectivity index (χ0) is 25.8. The van der Waals surface area contributed by atoms with Gasteiger partial charge in [0, 0.05) is 57.0 Å². The Hall–Kier alpha value is -3.04. The van der Waals surface area contributed by atoms with Crippen LogP contribution in [-0.4, -0.2) is 77.5 Å². The van der Waals surface area contributed by atoms with Gasteiger partial charge in [-0.2, -0.15) is 0 Å². The van der Waals surface area contributed by atoms with E-state index in [2.05, 4.69) is 41.0 Å². The number of carbonyl (C=O) groups excluding carboxylic acids is 2. The lowest BCUT2D eigenvalue weighted by molar-refractivity contribution is -0.145. The molecule has 0 saturated carbocycles. The van der Waals surface area contributed by atoms with E-state index in [0.29, 0.717) is 39.2 Å². The van der Waals surface area contributed by atoms with Crippen LogP contribution < -0.4 is 4.90 Å². The van der Waals surface area contributed by atoms with Crippen LogP contribution in [0.4, 0.5) is 5.82 Å². The number of carbonyl (C=O) groups is 2. The summed E-state index contributed by atoms with van der Waals surface area (Å²) in [5.41, 5.74) is 2.60. The Balaban J connectivity index is 1.38. The minimum absolute atomic E-state index is 0.0119. The zero-order valence-electron chi connectivity index (χ0n) is 21.7. The number of ether oxygens (including phenoxy) is 1. The van der Waals surface area contributed by atoms with Gasteiger partial charge in [-0.3, -0.25) is 14.5 Å². The fourth-order valence-corrected chi connectivity index (χ4v) is 6.47. The molecule has 1 aromatic carbocycles. The second-order valence-corrected chi connectivity index (χ2v) is 10.7. The molecule has 5 rings (SSSR count). The van der Waals surface area contributed by atoms with E-state index in [9.17, 15) is 9.59 Å². The average molecular weight is 522 g/mol. The third kappa shape index (κ3) is 5.78. The number of hydrogen-bond acceptors (Lipinski definition) is 8. The number of thiophene rings is 1. The molecule has 4 heterocycles. The van der Waals surface area contributed by atoms with Gasteiger partial charge in [0.15, 0.2) is 0 Å². The summed E-state index contributed by atoms with van der Waals surface area (Å²) >= 11 is 1.81. The molecule has 1 saturated heterocycles. The third-order valence-electron chi connectivity index (χ3n) is 7.24. The second kappa shape index (κ2) is 11.6. The molecule has 1 amide bonds. The fourth-order valence-electron chi connectivity index (χ4n) is 5.20. The summed E-state index contributed by atoms with van der Waals surface area (Å²) in [6.07, 6.45) is 2.05. The van der Waals surface area contributed by atoms with Gasteiger partial charge in [-0.1, -0.05) is 37.3 Å². The van der Waals surface area contributed by atoms with E-state index >= 15 is 0 Å². The lowest BCUT2D eigenvalue weighted by atomic mass is 10.0. The number of hydrogen-bond donors (Lipinski definition) is 0. The van der Waals surface area contributed by atoms with Gasteiger partial charge >= 0.3 is 5.97 Å². The first-order chi connectivity index (χ1) is 18.1. The van der Waals surface area contributed by atoms with Gasteiger partial charge < -0.3 is 14.5 Å². The van der Waals surface area contributed by atoms with Crippen molar-refractivity contribution in [3.8, 4) is 0 Å². The molecular formula is C28H35N5O3S. The van der Waals surface area contributed by atoms with Gasteiger partial charge in [-0.25, -0.2) is 9.97 Å². The average Bonchev–Trinajstić information content (AvgIpc) is 3.29. The molecule has 8 nitrogen and oxygen atoms in total. The van der Waals surface area contributed by atoms with Gasteiger partial charge in [-0.05, 0) is 31.0 Å². The summed E-state index contributed by atoms with van der Waals surface area (Å²) in [4.78, 5) is 43.7. The van der Waals surface area contributed by atoms with Crippen LogP contribution in [0.1, 0.15) is 48.5 Å². The van der Waals surface area contributed by atoms with Gasteiger partial charge in [-0.15, -0.1) is 11.3 Å². The molecule has 2 aliphatic heterocycles. The van der Waals surface area contributed by atoms with E-state index in [1.807, 2.05) is 22.3 Å². The molecule has 9 heteroatoms. The summed E-state index contributed by atoms with van der Waals surface area (Å²) in [6, 6.07) is 10.4. The first-order valence-corrected chi connectivity index (χ1v) is 14.1. The molecular weight excluding hydrogens is 486 g/mol. The number of piperazine rings is 1. The molecule has 196 valence electrons. The lowest BCUT2D eigenvalue weighted by Gasteiger charge is -2.36. The number of fused-ring (bicyclic) bond motifs is 3. The van der Waals surface area contributed by atoms with Crippen molar-refractivity contribution in [2.24, 2.45) is 0 Å². The monoisotopic (exact) mass is 521 g/mol. The molecule has 1 fully saturated rings. The number of benzene rings is 1. The van der Waals surface area contributed by atoms with E-state index < -0.39 is 0 Å². The molecule has 0 unspecified atom stereocenters. The normalized spacial score (nSPS) is 16.2. The molecule has 2 aliphatic rings. The van der Waals surface area contributed by atoms with Crippen molar-refractivity contribution in [3.63, 3.8) is 0 Å². The van der Waals surface area contributed by atoms with E-state index in [0.717, 1.165) is 42.5 Å². The van der Waals surface area contributed by atoms with E-state index in [1.54, 1.807) is 6.92 Å². The van der Waals surface area contributed by atoms with E-state index in [-0.39, 0.29) is 24.7 Å².